The summed E-state index contributed by atoms with van der Waals surface area (Å²) in [5.41, 5.74) is 1.91. The van der Waals surface area contributed by atoms with Gasteiger partial charge in [-0.25, -0.2) is 4.39 Å². The molecular formula is C20H16FNOS2. The normalized spacial score (nSPS) is 19.8. The van der Waals surface area contributed by atoms with E-state index in [1.165, 1.54) is 12.1 Å². The zero-order chi connectivity index (χ0) is 17.2. The first-order valence-electron chi connectivity index (χ1n) is 8.05. The van der Waals surface area contributed by atoms with E-state index >= 15 is 0 Å². The largest absolute Gasteiger partial charge is 0.325 e. The summed E-state index contributed by atoms with van der Waals surface area (Å²) in [6, 6.07) is 18.7. The minimum absolute atomic E-state index is 0.0256. The van der Waals surface area contributed by atoms with Gasteiger partial charge in [0.15, 0.2) is 0 Å². The van der Waals surface area contributed by atoms with E-state index in [1.54, 1.807) is 23.1 Å². The summed E-state index contributed by atoms with van der Waals surface area (Å²) >= 11 is 3.35. The van der Waals surface area contributed by atoms with Crippen molar-refractivity contribution in [3.8, 4) is 0 Å². The van der Waals surface area contributed by atoms with Crippen molar-refractivity contribution in [2.24, 2.45) is 0 Å². The summed E-state index contributed by atoms with van der Waals surface area (Å²) in [6.07, 6.45) is 0.420. The lowest BCUT2D eigenvalue weighted by atomic mass is 9.92. The van der Waals surface area contributed by atoms with Crippen LogP contribution in [0.1, 0.15) is 22.8 Å². The van der Waals surface area contributed by atoms with Crippen LogP contribution in [-0.2, 0) is 4.79 Å². The molecule has 0 spiro atoms. The van der Waals surface area contributed by atoms with E-state index in [9.17, 15) is 9.18 Å². The van der Waals surface area contributed by atoms with E-state index in [4.69, 9.17) is 0 Å². The zero-order valence-electron chi connectivity index (χ0n) is 13.3. The molecule has 1 aliphatic rings. The first-order chi connectivity index (χ1) is 12.2. The van der Waals surface area contributed by atoms with Crippen molar-refractivity contribution in [2.75, 3.05) is 5.32 Å². The highest BCUT2D eigenvalue weighted by atomic mass is 32.2. The molecule has 2 heterocycles. The van der Waals surface area contributed by atoms with Crippen molar-refractivity contribution < 1.29 is 9.18 Å². The van der Waals surface area contributed by atoms with Gasteiger partial charge >= 0.3 is 0 Å². The third-order valence-electron chi connectivity index (χ3n) is 4.27. The van der Waals surface area contributed by atoms with Crippen LogP contribution in [0, 0.1) is 5.82 Å². The van der Waals surface area contributed by atoms with Crippen LogP contribution in [0.25, 0.3) is 0 Å². The topological polar surface area (TPSA) is 29.1 Å². The fraction of sp³-hybridized carbons (Fsp3) is 0.150. The van der Waals surface area contributed by atoms with Gasteiger partial charge in [-0.05, 0) is 41.3 Å². The first kappa shape index (κ1) is 16.4. The molecule has 1 aliphatic heterocycles. The lowest BCUT2D eigenvalue weighted by Gasteiger charge is -2.24. The first-order valence-corrected chi connectivity index (χ1v) is 9.81. The van der Waals surface area contributed by atoms with Gasteiger partial charge < -0.3 is 5.32 Å². The van der Waals surface area contributed by atoms with E-state index in [1.807, 2.05) is 41.8 Å². The van der Waals surface area contributed by atoms with Crippen molar-refractivity contribution in [3.05, 3.63) is 82.3 Å². The number of amides is 1. The van der Waals surface area contributed by atoms with Gasteiger partial charge in [-0.1, -0.05) is 30.3 Å². The molecule has 0 radical (unpaired) electrons. The van der Waals surface area contributed by atoms with Gasteiger partial charge in [0.05, 0.1) is 5.69 Å². The average molecular weight is 369 g/mol. The highest BCUT2D eigenvalue weighted by Crippen LogP contribution is 2.46. The smallest absolute Gasteiger partial charge is 0.225 e. The molecule has 2 unspecified atom stereocenters. The van der Waals surface area contributed by atoms with Crippen LogP contribution in [-0.4, -0.2) is 11.2 Å². The number of nitrogens with one attached hydrogen (secondary N) is 1. The number of carbonyl (C=O) groups is 1. The molecular weight excluding hydrogens is 353 g/mol. The van der Waals surface area contributed by atoms with Crippen LogP contribution in [0.3, 0.4) is 0 Å². The fourth-order valence-electron chi connectivity index (χ4n) is 3.16. The molecule has 126 valence electrons. The number of rotatable bonds is 3. The minimum atomic E-state index is -0.245. The molecule has 1 N–H and O–H groups in total. The quantitative estimate of drug-likeness (QED) is 0.658. The third-order valence-corrected chi connectivity index (χ3v) is 6.56. The Kier molecular flexibility index (Phi) is 4.59. The molecule has 1 amide bonds. The van der Waals surface area contributed by atoms with Gasteiger partial charge in [0.2, 0.25) is 5.91 Å². The van der Waals surface area contributed by atoms with Crippen LogP contribution < -0.4 is 5.32 Å². The molecule has 0 fully saturated rings. The number of fused-ring (bicyclic) bond motifs is 1. The van der Waals surface area contributed by atoms with Crippen LogP contribution in [0.5, 0.6) is 0 Å². The number of benzene rings is 2. The monoisotopic (exact) mass is 369 g/mol. The number of halogens is 1. The van der Waals surface area contributed by atoms with Gasteiger partial charge in [-0.15, -0.1) is 23.1 Å². The van der Waals surface area contributed by atoms with E-state index in [-0.39, 0.29) is 22.9 Å². The van der Waals surface area contributed by atoms with E-state index in [0.29, 0.717) is 6.42 Å². The van der Waals surface area contributed by atoms with Crippen molar-refractivity contribution >= 4 is 34.7 Å². The van der Waals surface area contributed by atoms with E-state index < -0.39 is 0 Å². The van der Waals surface area contributed by atoms with Crippen molar-refractivity contribution in [1.29, 1.82) is 0 Å². The Morgan fingerprint density at radius 1 is 1.04 bits per heavy atom. The molecule has 4 rings (SSSR count). The second-order valence-corrected chi connectivity index (χ2v) is 8.21. The van der Waals surface area contributed by atoms with Gasteiger partial charge in [0, 0.05) is 27.4 Å². The minimum Gasteiger partial charge on any atom is -0.325 e. The number of anilines is 1. The highest BCUT2D eigenvalue weighted by molar-refractivity contribution is 8.00. The van der Waals surface area contributed by atoms with Gasteiger partial charge in [0.1, 0.15) is 5.82 Å². The molecule has 2 aromatic carbocycles. The maximum atomic E-state index is 13.4. The predicted octanol–water partition coefficient (Wildman–Crippen LogP) is 5.52. The fourth-order valence-corrected chi connectivity index (χ4v) is 5.61. The SMILES string of the molecule is O=C1CC(Sc2ccccc2)C(c2ccc(F)cc2)c2sccc2N1. The predicted molar refractivity (Wildman–Crippen MR) is 102 cm³/mol. The zero-order valence-corrected chi connectivity index (χ0v) is 14.9. The molecule has 25 heavy (non-hydrogen) atoms. The lowest BCUT2D eigenvalue weighted by Crippen LogP contribution is -2.19. The van der Waals surface area contributed by atoms with E-state index in [0.717, 1.165) is 21.0 Å². The molecule has 2 nitrogen and oxygen atoms in total. The van der Waals surface area contributed by atoms with Gasteiger partial charge in [0.25, 0.3) is 0 Å². The summed E-state index contributed by atoms with van der Waals surface area (Å²) in [6.45, 7) is 0. The summed E-state index contributed by atoms with van der Waals surface area (Å²) in [5.74, 6) is -0.178. The summed E-state index contributed by atoms with van der Waals surface area (Å²) < 4.78 is 13.4. The van der Waals surface area contributed by atoms with Crippen molar-refractivity contribution in [1.82, 2.24) is 0 Å². The molecule has 2 atom stereocenters. The second kappa shape index (κ2) is 7.02. The van der Waals surface area contributed by atoms with Crippen LogP contribution >= 0.6 is 23.1 Å². The highest BCUT2D eigenvalue weighted by Gasteiger charge is 2.34. The Morgan fingerprint density at radius 2 is 1.80 bits per heavy atom. The Balaban J connectivity index is 1.78. The second-order valence-electron chi connectivity index (χ2n) is 5.95. The number of hydrogen-bond acceptors (Lipinski definition) is 3. The van der Waals surface area contributed by atoms with Crippen molar-refractivity contribution in [3.63, 3.8) is 0 Å². The molecule has 1 aromatic heterocycles. The molecule has 0 saturated heterocycles. The molecule has 0 aliphatic carbocycles. The number of hydrogen-bond donors (Lipinski definition) is 1. The van der Waals surface area contributed by atoms with Gasteiger partial charge in [-0.3, -0.25) is 4.79 Å². The Labute approximate surface area is 154 Å². The Morgan fingerprint density at radius 3 is 2.56 bits per heavy atom. The van der Waals surface area contributed by atoms with Crippen molar-refractivity contribution in [2.45, 2.75) is 22.5 Å². The third kappa shape index (κ3) is 3.48. The van der Waals surface area contributed by atoms with Crippen LogP contribution in [0.4, 0.5) is 10.1 Å². The average Bonchev–Trinajstić information content (AvgIpc) is 3.00. The molecule has 0 bridgehead atoms. The van der Waals surface area contributed by atoms with Gasteiger partial charge in [-0.2, -0.15) is 0 Å². The van der Waals surface area contributed by atoms with Crippen LogP contribution in [0.15, 0.2) is 70.9 Å². The molecule has 5 heteroatoms. The Bertz CT molecular complexity index is 876. The van der Waals surface area contributed by atoms with Crippen LogP contribution in [0.2, 0.25) is 0 Å². The Hall–Kier alpha value is -2.11. The number of thioether (sulfide) groups is 1. The van der Waals surface area contributed by atoms with E-state index in [2.05, 4.69) is 17.4 Å². The summed E-state index contributed by atoms with van der Waals surface area (Å²) in [4.78, 5) is 14.7. The molecule has 3 aromatic rings. The standard InChI is InChI=1S/C20H16FNOS2/c21-14-8-6-13(7-9-14)19-17(25-15-4-2-1-3-5-15)12-18(23)22-16-10-11-24-20(16)19/h1-11,17,19H,12H2,(H,22,23). The molecule has 0 saturated carbocycles. The lowest BCUT2D eigenvalue weighted by molar-refractivity contribution is -0.116. The summed E-state index contributed by atoms with van der Waals surface area (Å²) in [5, 5.41) is 5.06. The maximum absolute atomic E-state index is 13.4. The summed E-state index contributed by atoms with van der Waals surface area (Å²) in [7, 11) is 0. The maximum Gasteiger partial charge on any atom is 0.225 e. The number of carbonyl (C=O) groups excluding carboxylic acids is 1. The number of thiophene rings is 1.